The zero-order chi connectivity index (χ0) is 13.8. The Balaban J connectivity index is 1.52. The summed E-state index contributed by atoms with van der Waals surface area (Å²) in [5, 5.41) is 4.21. The van der Waals surface area contributed by atoms with Crippen molar-refractivity contribution in [2.75, 3.05) is 13.6 Å². The molecule has 1 aromatic carbocycles. The van der Waals surface area contributed by atoms with Crippen LogP contribution in [0.3, 0.4) is 0 Å². The molecule has 3 rings (SSSR count). The average Bonchev–Trinajstić information content (AvgIpc) is 3.11. The first kappa shape index (κ1) is 12.9. The van der Waals surface area contributed by atoms with Gasteiger partial charge in [-0.15, -0.1) is 0 Å². The van der Waals surface area contributed by atoms with Crippen molar-refractivity contribution in [3.05, 3.63) is 60.1 Å². The van der Waals surface area contributed by atoms with E-state index in [9.17, 15) is 0 Å². The van der Waals surface area contributed by atoms with E-state index in [2.05, 4.69) is 29.2 Å². The predicted octanol–water partition coefficient (Wildman–Crippen LogP) is 2.90. The van der Waals surface area contributed by atoms with E-state index < -0.39 is 0 Å². The summed E-state index contributed by atoms with van der Waals surface area (Å²) in [6, 6.07) is 12.2. The minimum atomic E-state index is 0.127. The van der Waals surface area contributed by atoms with Crippen molar-refractivity contribution >= 4 is 5.71 Å². The van der Waals surface area contributed by atoms with E-state index in [1.54, 1.807) is 12.5 Å². The predicted molar refractivity (Wildman–Crippen MR) is 77.5 cm³/mol. The summed E-state index contributed by atoms with van der Waals surface area (Å²) >= 11 is 0. The molecule has 20 heavy (non-hydrogen) atoms. The van der Waals surface area contributed by atoms with Crippen molar-refractivity contribution in [3.8, 4) is 0 Å². The van der Waals surface area contributed by atoms with Crippen LogP contribution in [0.15, 0.2) is 58.5 Å². The van der Waals surface area contributed by atoms with E-state index in [1.807, 2.05) is 24.3 Å². The molecule has 1 aliphatic rings. The topological polar surface area (TPSA) is 38.0 Å². The third kappa shape index (κ3) is 3.08. The lowest BCUT2D eigenvalue weighted by molar-refractivity contribution is 0.0576. The van der Waals surface area contributed by atoms with E-state index in [-0.39, 0.29) is 6.10 Å². The highest BCUT2D eigenvalue weighted by molar-refractivity contribution is 6.01. The molecular weight excluding hydrogens is 252 g/mol. The maximum absolute atomic E-state index is 5.53. The molecule has 0 aliphatic carbocycles. The van der Waals surface area contributed by atoms with Crippen molar-refractivity contribution in [1.29, 1.82) is 0 Å². The molecule has 0 fully saturated rings. The molecule has 2 aromatic rings. The lowest BCUT2D eigenvalue weighted by Crippen LogP contribution is -2.28. The van der Waals surface area contributed by atoms with Crippen LogP contribution in [0, 0.1) is 0 Å². The van der Waals surface area contributed by atoms with E-state index in [4.69, 9.17) is 9.25 Å². The van der Waals surface area contributed by atoms with Gasteiger partial charge in [0.1, 0.15) is 6.10 Å². The van der Waals surface area contributed by atoms with Crippen LogP contribution in [-0.2, 0) is 11.4 Å². The molecular formula is C16H18N2O2. The van der Waals surface area contributed by atoms with Crippen molar-refractivity contribution in [2.24, 2.45) is 5.16 Å². The molecule has 1 atom stereocenters. The Morgan fingerprint density at radius 1 is 1.25 bits per heavy atom. The summed E-state index contributed by atoms with van der Waals surface area (Å²) in [6.07, 6.45) is 4.46. The Hall–Kier alpha value is -2.07. The van der Waals surface area contributed by atoms with Crippen LogP contribution in [0.1, 0.15) is 17.5 Å². The van der Waals surface area contributed by atoms with Crippen LogP contribution in [0.2, 0.25) is 0 Å². The highest BCUT2D eigenvalue weighted by Crippen LogP contribution is 2.17. The fourth-order valence-corrected chi connectivity index (χ4v) is 2.43. The third-order valence-electron chi connectivity index (χ3n) is 3.39. The van der Waals surface area contributed by atoms with Crippen LogP contribution in [0.25, 0.3) is 0 Å². The molecule has 4 heteroatoms. The minimum Gasteiger partial charge on any atom is -0.472 e. The first-order valence-electron chi connectivity index (χ1n) is 6.79. The molecule has 1 aromatic heterocycles. The minimum absolute atomic E-state index is 0.127. The first-order chi connectivity index (χ1) is 9.81. The van der Waals surface area contributed by atoms with Gasteiger partial charge < -0.3 is 9.25 Å². The van der Waals surface area contributed by atoms with Gasteiger partial charge in [0.25, 0.3) is 0 Å². The summed E-state index contributed by atoms with van der Waals surface area (Å²) < 4.78 is 5.08. The Morgan fingerprint density at radius 3 is 2.85 bits per heavy atom. The average molecular weight is 270 g/mol. The zero-order valence-corrected chi connectivity index (χ0v) is 11.5. The van der Waals surface area contributed by atoms with Crippen LogP contribution < -0.4 is 0 Å². The van der Waals surface area contributed by atoms with E-state index in [0.29, 0.717) is 0 Å². The molecule has 0 radical (unpaired) electrons. The number of hydrogen-bond donors (Lipinski definition) is 0. The van der Waals surface area contributed by atoms with Gasteiger partial charge in [-0.3, -0.25) is 4.90 Å². The Morgan fingerprint density at radius 2 is 2.10 bits per heavy atom. The second-order valence-electron chi connectivity index (χ2n) is 5.16. The van der Waals surface area contributed by atoms with Gasteiger partial charge in [0.05, 0.1) is 18.2 Å². The molecule has 2 heterocycles. The monoisotopic (exact) mass is 270 g/mol. The number of hydrogen-bond acceptors (Lipinski definition) is 4. The van der Waals surface area contributed by atoms with Gasteiger partial charge in [-0.25, -0.2) is 0 Å². The van der Waals surface area contributed by atoms with E-state index in [1.165, 1.54) is 5.56 Å². The number of oxime groups is 1. The number of rotatable bonds is 5. The quantitative estimate of drug-likeness (QED) is 0.838. The second-order valence-corrected chi connectivity index (χ2v) is 5.16. The highest BCUT2D eigenvalue weighted by Gasteiger charge is 2.23. The molecule has 0 N–H and O–H groups in total. The largest absolute Gasteiger partial charge is 0.472 e. The fraction of sp³-hybridized carbons (Fsp3) is 0.312. The Labute approximate surface area is 118 Å². The van der Waals surface area contributed by atoms with E-state index in [0.717, 1.165) is 30.8 Å². The smallest absolute Gasteiger partial charge is 0.145 e. The molecule has 0 amide bonds. The maximum Gasteiger partial charge on any atom is 0.145 e. The van der Waals surface area contributed by atoms with Gasteiger partial charge in [0, 0.05) is 25.1 Å². The summed E-state index contributed by atoms with van der Waals surface area (Å²) in [7, 11) is 2.08. The van der Waals surface area contributed by atoms with Crippen LogP contribution in [0.4, 0.5) is 0 Å². The molecule has 1 unspecified atom stereocenters. The van der Waals surface area contributed by atoms with Gasteiger partial charge in [-0.05, 0) is 18.7 Å². The van der Waals surface area contributed by atoms with Gasteiger partial charge in [0.2, 0.25) is 0 Å². The standard InChI is InChI=1S/C16H18N2O2/c1-18(10-13-7-8-19-12-13)11-15-9-16(17-20-15)14-5-3-2-4-6-14/h2-8,12,15H,9-11H2,1H3. The molecule has 1 aliphatic heterocycles. The summed E-state index contributed by atoms with van der Waals surface area (Å²) in [4.78, 5) is 7.75. The molecule has 0 spiro atoms. The van der Waals surface area contributed by atoms with Crippen molar-refractivity contribution in [1.82, 2.24) is 4.90 Å². The summed E-state index contributed by atoms with van der Waals surface area (Å²) in [5.74, 6) is 0. The van der Waals surface area contributed by atoms with Crippen molar-refractivity contribution in [3.63, 3.8) is 0 Å². The van der Waals surface area contributed by atoms with Gasteiger partial charge in [-0.1, -0.05) is 35.5 Å². The lowest BCUT2D eigenvalue weighted by atomic mass is 10.1. The van der Waals surface area contributed by atoms with Crippen molar-refractivity contribution < 1.29 is 9.25 Å². The molecule has 104 valence electrons. The van der Waals surface area contributed by atoms with Gasteiger partial charge >= 0.3 is 0 Å². The number of furan rings is 1. The second kappa shape index (κ2) is 5.92. The number of likely N-dealkylation sites (N-methyl/N-ethyl adjacent to an activating group) is 1. The van der Waals surface area contributed by atoms with Gasteiger partial charge in [0.15, 0.2) is 0 Å². The van der Waals surface area contributed by atoms with Gasteiger partial charge in [-0.2, -0.15) is 0 Å². The van der Waals surface area contributed by atoms with Crippen LogP contribution in [-0.4, -0.2) is 30.3 Å². The fourth-order valence-electron chi connectivity index (χ4n) is 2.43. The molecule has 0 bridgehead atoms. The SMILES string of the molecule is CN(Cc1ccoc1)CC1CC(c2ccccc2)=NO1. The molecule has 0 saturated heterocycles. The van der Waals surface area contributed by atoms with Crippen molar-refractivity contribution in [2.45, 2.75) is 19.1 Å². The maximum atomic E-state index is 5.53. The van der Waals surface area contributed by atoms with Crippen LogP contribution >= 0.6 is 0 Å². The number of nitrogens with zero attached hydrogens (tertiary/aromatic N) is 2. The summed E-state index contributed by atoms with van der Waals surface area (Å²) in [6.45, 7) is 1.71. The lowest BCUT2D eigenvalue weighted by Gasteiger charge is -2.18. The third-order valence-corrected chi connectivity index (χ3v) is 3.39. The Bertz CT molecular complexity index is 563. The first-order valence-corrected chi connectivity index (χ1v) is 6.79. The number of benzene rings is 1. The Kier molecular flexibility index (Phi) is 3.83. The zero-order valence-electron chi connectivity index (χ0n) is 11.5. The molecule has 0 saturated carbocycles. The summed E-state index contributed by atoms with van der Waals surface area (Å²) in [5.41, 5.74) is 3.36. The molecule has 4 nitrogen and oxygen atoms in total. The van der Waals surface area contributed by atoms with Crippen LogP contribution in [0.5, 0.6) is 0 Å². The van der Waals surface area contributed by atoms with E-state index >= 15 is 0 Å². The normalized spacial score (nSPS) is 18.1. The highest BCUT2D eigenvalue weighted by atomic mass is 16.6.